The second-order valence-electron chi connectivity index (χ2n) is 4.47. The van der Waals surface area contributed by atoms with E-state index in [0.29, 0.717) is 6.42 Å². The van der Waals surface area contributed by atoms with Gasteiger partial charge in [0, 0.05) is 10.9 Å². The lowest BCUT2D eigenvalue weighted by Gasteiger charge is -2.18. The molecule has 0 saturated carbocycles. The molecule has 1 unspecified atom stereocenters. The fraction of sp³-hybridized carbons (Fsp3) is 0.333. The quantitative estimate of drug-likeness (QED) is 0.819. The molecule has 1 aromatic carbocycles. The second kappa shape index (κ2) is 6.64. The fourth-order valence-corrected chi connectivity index (χ4v) is 4.00. The highest BCUT2D eigenvalue weighted by molar-refractivity contribution is 9.11. The van der Waals surface area contributed by atoms with Crippen molar-refractivity contribution >= 4 is 27.3 Å². The average Bonchev–Trinajstić information content (AvgIpc) is 2.70. The number of hydrogen-bond donors (Lipinski definition) is 1. The topological polar surface area (TPSA) is 12.0 Å². The van der Waals surface area contributed by atoms with E-state index in [2.05, 4.69) is 41.2 Å². The average molecular weight is 342 g/mol. The highest BCUT2D eigenvalue weighted by atomic mass is 79.9. The van der Waals surface area contributed by atoms with Crippen molar-refractivity contribution in [3.63, 3.8) is 0 Å². The first-order chi connectivity index (χ1) is 9.11. The van der Waals surface area contributed by atoms with Crippen LogP contribution in [0.4, 0.5) is 4.39 Å². The Morgan fingerprint density at radius 1 is 1.37 bits per heavy atom. The molecule has 0 fully saturated rings. The lowest BCUT2D eigenvalue weighted by atomic mass is 9.99. The summed E-state index contributed by atoms with van der Waals surface area (Å²) in [6, 6.07) is 9.29. The van der Waals surface area contributed by atoms with Crippen molar-refractivity contribution in [3.8, 4) is 0 Å². The summed E-state index contributed by atoms with van der Waals surface area (Å²) in [5.41, 5.74) is 2.01. The van der Waals surface area contributed by atoms with E-state index >= 15 is 0 Å². The van der Waals surface area contributed by atoms with Crippen molar-refractivity contribution in [3.05, 3.63) is 55.9 Å². The number of hydrogen-bond acceptors (Lipinski definition) is 2. The number of nitrogens with one attached hydrogen (secondary N) is 1. The molecule has 2 rings (SSSR count). The van der Waals surface area contributed by atoms with Crippen LogP contribution < -0.4 is 5.32 Å². The minimum atomic E-state index is -0.127. The normalized spacial score (nSPS) is 12.6. The van der Waals surface area contributed by atoms with E-state index in [9.17, 15) is 4.39 Å². The zero-order valence-electron chi connectivity index (χ0n) is 11.0. The first-order valence-electron chi connectivity index (χ1n) is 6.34. The maximum Gasteiger partial charge on any atom is 0.126 e. The van der Waals surface area contributed by atoms with Crippen LogP contribution in [-0.2, 0) is 6.42 Å². The van der Waals surface area contributed by atoms with Crippen LogP contribution in [-0.4, -0.2) is 6.54 Å². The number of benzene rings is 1. The summed E-state index contributed by atoms with van der Waals surface area (Å²) in [6.07, 6.45) is 0.671. The van der Waals surface area contributed by atoms with Crippen molar-refractivity contribution < 1.29 is 4.39 Å². The Kier molecular flexibility index (Phi) is 5.13. The van der Waals surface area contributed by atoms with Crippen molar-refractivity contribution in [2.75, 3.05) is 6.54 Å². The van der Waals surface area contributed by atoms with Gasteiger partial charge in [-0.1, -0.05) is 25.1 Å². The highest BCUT2D eigenvalue weighted by Crippen LogP contribution is 2.32. The first-order valence-corrected chi connectivity index (χ1v) is 7.95. The predicted octanol–water partition coefficient (Wildman–Crippen LogP) is 4.85. The number of rotatable bonds is 5. The van der Waals surface area contributed by atoms with Gasteiger partial charge in [-0.25, -0.2) is 4.39 Å². The third-order valence-corrected chi connectivity index (χ3v) is 4.70. The van der Waals surface area contributed by atoms with E-state index in [1.165, 1.54) is 16.5 Å². The highest BCUT2D eigenvalue weighted by Gasteiger charge is 2.17. The van der Waals surface area contributed by atoms with Crippen molar-refractivity contribution in [1.29, 1.82) is 0 Å². The van der Waals surface area contributed by atoms with Gasteiger partial charge in [-0.15, -0.1) is 11.3 Å². The zero-order chi connectivity index (χ0) is 13.8. The van der Waals surface area contributed by atoms with Crippen LogP contribution in [0.5, 0.6) is 0 Å². The van der Waals surface area contributed by atoms with Crippen LogP contribution in [0.15, 0.2) is 34.1 Å². The molecule has 0 aliphatic rings. The van der Waals surface area contributed by atoms with Gasteiger partial charge < -0.3 is 5.32 Å². The Hall–Kier alpha value is -0.710. The Morgan fingerprint density at radius 3 is 2.68 bits per heavy atom. The van der Waals surface area contributed by atoms with Gasteiger partial charge in [-0.2, -0.15) is 0 Å². The monoisotopic (exact) mass is 341 g/mol. The van der Waals surface area contributed by atoms with Crippen molar-refractivity contribution in [2.45, 2.75) is 26.3 Å². The molecule has 1 nitrogen and oxygen atoms in total. The van der Waals surface area contributed by atoms with Crippen LogP contribution >= 0.6 is 27.3 Å². The van der Waals surface area contributed by atoms with Gasteiger partial charge in [0.1, 0.15) is 5.82 Å². The molecular formula is C15H17BrFNS. The molecule has 0 saturated heterocycles. The Labute approximate surface area is 126 Å². The van der Waals surface area contributed by atoms with E-state index in [1.807, 2.05) is 12.1 Å². The molecule has 0 radical (unpaired) electrons. The second-order valence-corrected chi connectivity index (χ2v) is 7.10. The SMILES string of the molecule is CCNC(Cc1ccccc1F)c1cc(Br)sc1C. The van der Waals surface area contributed by atoms with Crippen molar-refractivity contribution in [1.82, 2.24) is 5.32 Å². The molecule has 19 heavy (non-hydrogen) atoms. The van der Waals surface area contributed by atoms with Crippen LogP contribution in [0.25, 0.3) is 0 Å². The van der Waals surface area contributed by atoms with Gasteiger partial charge in [-0.05, 0) is 59.1 Å². The smallest absolute Gasteiger partial charge is 0.126 e. The molecule has 2 aromatic rings. The molecule has 0 amide bonds. The molecule has 1 atom stereocenters. The summed E-state index contributed by atoms with van der Waals surface area (Å²) >= 11 is 5.24. The molecule has 1 heterocycles. The first kappa shape index (κ1) is 14.7. The third-order valence-electron chi connectivity index (χ3n) is 3.13. The van der Waals surface area contributed by atoms with E-state index in [-0.39, 0.29) is 11.9 Å². The zero-order valence-corrected chi connectivity index (χ0v) is 13.4. The summed E-state index contributed by atoms with van der Waals surface area (Å²) in [5, 5.41) is 3.45. The number of thiophene rings is 1. The summed E-state index contributed by atoms with van der Waals surface area (Å²) in [5.74, 6) is -0.127. The van der Waals surface area contributed by atoms with Gasteiger partial charge in [0.05, 0.1) is 3.79 Å². The summed E-state index contributed by atoms with van der Waals surface area (Å²) in [4.78, 5) is 1.27. The lowest BCUT2D eigenvalue weighted by molar-refractivity contribution is 0.527. The molecule has 0 bridgehead atoms. The molecule has 1 N–H and O–H groups in total. The van der Waals surface area contributed by atoms with E-state index in [0.717, 1.165) is 15.9 Å². The molecule has 4 heteroatoms. The van der Waals surface area contributed by atoms with Crippen LogP contribution in [0.1, 0.15) is 29.0 Å². The van der Waals surface area contributed by atoms with Gasteiger partial charge in [-0.3, -0.25) is 0 Å². The van der Waals surface area contributed by atoms with Gasteiger partial charge >= 0.3 is 0 Å². The van der Waals surface area contributed by atoms with Gasteiger partial charge in [0.2, 0.25) is 0 Å². The summed E-state index contributed by atoms with van der Waals surface area (Å²) < 4.78 is 14.9. The van der Waals surface area contributed by atoms with Crippen LogP contribution in [0, 0.1) is 12.7 Å². The molecule has 1 aromatic heterocycles. The molecular weight excluding hydrogens is 325 g/mol. The molecule has 0 aliphatic carbocycles. The summed E-state index contributed by atoms with van der Waals surface area (Å²) in [7, 11) is 0. The van der Waals surface area contributed by atoms with Crippen LogP contribution in [0.3, 0.4) is 0 Å². The third kappa shape index (κ3) is 3.65. The standard InChI is InChI=1S/C15H17BrFNS/c1-3-18-14(12-9-15(16)19-10(12)2)8-11-6-4-5-7-13(11)17/h4-7,9,14,18H,3,8H2,1-2H3. The molecule has 0 spiro atoms. The molecule has 0 aliphatic heterocycles. The molecule has 102 valence electrons. The van der Waals surface area contributed by atoms with Crippen molar-refractivity contribution in [2.24, 2.45) is 0 Å². The summed E-state index contributed by atoms with van der Waals surface area (Å²) in [6.45, 7) is 5.05. The van der Waals surface area contributed by atoms with Gasteiger partial charge in [0.25, 0.3) is 0 Å². The Balaban J connectivity index is 2.26. The fourth-order valence-electron chi connectivity index (χ4n) is 2.23. The largest absolute Gasteiger partial charge is 0.310 e. The van der Waals surface area contributed by atoms with E-state index < -0.39 is 0 Å². The van der Waals surface area contributed by atoms with E-state index in [4.69, 9.17) is 0 Å². The number of halogens is 2. The van der Waals surface area contributed by atoms with E-state index in [1.54, 1.807) is 17.4 Å². The van der Waals surface area contributed by atoms with Crippen LogP contribution in [0.2, 0.25) is 0 Å². The number of likely N-dealkylation sites (N-methyl/N-ethyl adjacent to an activating group) is 1. The maximum atomic E-state index is 13.8. The Bertz CT molecular complexity index is 553. The lowest BCUT2D eigenvalue weighted by Crippen LogP contribution is -2.23. The van der Waals surface area contributed by atoms with Gasteiger partial charge in [0.15, 0.2) is 0 Å². The predicted molar refractivity (Wildman–Crippen MR) is 83.3 cm³/mol. The maximum absolute atomic E-state index is 13.8. The minimum absolute atomic E-state index is 0.127. The minimum Gasteiger partial charge on any atom is -0.310 e. The Morgan fingerprint density at radius 2 is 2.11 bits per heavy atom. The number of aryl methyl sites for hydroxylation is 1.